The number of amides is 1. The van der Waals surface area contributed by atoms with E-state index in [0.717, 1.165) is 5.75 Å². The quantitative estimate of drug-likeness (QED) is 0.276. The fourth-order valence-corrected chi connectivity index (χ4v) is 2.88. The van der Waals surface area contributed by atoms with Gasteiger partial charge in [0.25, 0.3) is 5.91 Å². The third kappa shape index (κ3) is 5.92. The van der Waals surface area contributed by atoms with Crippen LogP contribution in [0.2, 0.25) is 5.02 Å². The van der Waals surface area contributed by atoms with Gasteiger partial charge < -0.3 is 10.4 Å². The number of rotatable bonds is 5. The summed E-state index contributed by atoms with van der Waals surface area (Å²) in [6.07, 6.45) is 0. The lowest BCUT2D eigenvalue weighted by atomic mass is 10.2. The van der Waals surface area contributed by atoms with Crippen LogP contribution in [0.1, 0.15) is 10.4 Å². The molecule has 0 spiro atoms. The largest absolute Gasteiger partial charge is 0.507 e. The average Bonchev–Trinajstić information content (AvgIpc) is 2.59. The molecule has 0 saturated carbocycles. The van der Waals surface area contributed by atoms with Crippen molar-refractivity contribution in [1.29, 1.82) is 0 Å². The number of thioether (sulfide) groups is 1. The third-order valence-electron chi connectivity index (χ3n) is 2.89. The highest BCUT2D eigenvalue weighted by Crippen LogP contribution is 2.21. The highest BCUT2D eigenvalue weighted by molar-refractivity contribution is 7.99. The van der Waals surface area contributed by atoms with Crippen molar-refractivity contribution >= 4 is 46.6 Å². The molecule has 0 saturated heterocycles. The minimum atomic E-state index is -0.530. The van der Waals surface area contributed by atoms with Gasteiger partial charge in [0.15, 0.2) is 5.11 Å². The van der Waals surface area contributed by atoms with Crippen LogP contribution in [0.15, 0.2) is 53.4 Å². The number of nitrogens with one attached hydrogen (secondary N) is 3. The number of aromatic hydroxyl groups is 1. The molecule has 4 N–H and O–H groups in total. The number of hydrazine groups is 1. The van der Waals surface area contributed by atoms with Crippen molar-refractivity contribution in [1.82, 2.24) is 16.2 Å². The molecule has 24 heavy (non-hydrogen) atoms. The molecule has 2 aromatic carbocycles. The van der Waals surface area contributed by atoms with E-state index in [1.54, 1.807) is 11.8 Å². The van der Waals surface area contributed by atoms with Crippen molar-refractivity contribution in [3.63, 3.8) is 0 Å². The summed E-state index contributed by atoms with van der Waals surface area (Å²) in [5.41, 5.74) is 5.06. The molecule has 0 bridgehead atoms. The van der Waals surface area contributed by atoms with E-state index in [0.29, 0.717) is 16.7 Å². The van der Waals surface area contributed by atoms with Gasteiger partial charge in [-0.05, 0) is 42.5 Å². The number of phenolic OH excluding ortho intramolecular Hbond substituents is 1. The van der Waals surface area contributed by atoms with Crippen molar-refractivity contribution in [2.24, 2.45) is 0 Å². The normalized spacial score (nSPS) is 10.0. The van der Waals surface area contributed by atoms with E-state index in [-0.39, 0.29) is 11.3 Å². The van der Waals surface area contributed by atoms with Gasteiger partial charge >= 0.3 is 0 Å². The Labute approximate surface area is 154 Å². The molecule has 2 aromatic rings. The summed E-state index contributed by atoms with van der Waals surface area (Å²) in [7, 11) is 0. The van der Waals surface area contributed by atoms with Crippen LogP contribution in [-0.2, 0) is 0 Å². The molecule has 0 aromatic heterocycles. The molecule has 0 aliphatic heterocycles. The SMILES string of the molecule is O=C(NNC(=S)NCCSc1ccccc1)c1cc(Cl)ccc1O. The summed E-state index contributed by atoms with van der Waals surface area (Å²) in [5.74, 6) is 0.143. The van der Waals surface area contributed by atoms with Gasteiger partial charge in [-0.25, -0.2) is 0 Å². The Hall–Kier alpha value is -1.96. The Morgan fingerprint density at radius 2 is 1.92 bits per heavy atom. The third-order valence-corrected chi connectivity index (χ3v) is 4.39. The van der Waals surface area contributed by atoms with Gasteiger partial charge in [-0.3, -0.25) is 15.6 Å². The van der Waals surface area contributed by atoms with E-state index >= 15 is 0 Å². The number of carbonyl (C=O) groups is 1. The number of halogens is 1. The number of phenols is 1. The van der Waals surface area contributed by atoms with Crippen LogP contribution in [0, 0.1) is 0 Å². The first kappa shape index (κ1) is 18.4. The first-order chi connectivity index (χ1) is 11.6. The molecule has 8 heteroatoms. The fourth-order valence-electron chi connectivity index (χ4n) is 1.77. The average molecular weight is 382 g/mol. The summed E-state index contributed by atoms with van der Waals surface area (Å²) in [6, 6.07) is 14.3. The van der Waals surface area contributed by atoms with Gasteiger partial charge in [-0.1, -0.05) is 29.8 Å². The summed E-state index contributed by atoms with van der Waals surface area (Å²) in [6.45, 7) is 0.643. The molecule has 0 radical (unpaired) electrons. The maximum atomic E-state index is 12.0. The van der Waals surface area contributed by atoms with Crippen molar-refractivity contribution < 1.29 is 9.90 Å². The molecule has 0 heterocycles. The molecule has 1 amide bonds. The van der Waals surface area contributed by atoms with E-state index in [2.05, 4.69) is 16.2 Å². The molecule has 0 unspecified atom stereocenters. The van der Waals surface area contributed by atoms with Gasteiger partial charge in [0.2, 0.25) is 0 Å². The summed E-state index contributed by atoms with van der Waals surface area (Å²) < 4.78 is 0. The fraction of sp³-hybridized carbons (Fsp3) is 0.125. The minimum Gasteiger partial charge on any atom is -0.507 e. The van der Waals surface area contributed by atoms with Crippen molar-refractivity contribution in [2.45, 2.75) is 4.90 Å². The standard InChI is InChI=1S/C16H16ClN3O2S2/c17-11-6-7-14(21)13(10-11)15(22)19-20-16(23)18-8-9-24-12-4-2-1-3-5-12/h1-7,10,21H,8-9H2,(H,19,22)(H2,18,20,23). The summed E-state index contributed by atoms with van der Waals surface area (Å²) in [5, 5.41) is 13.3. The number of hydrogen-bond donors (Lipinski definition) is 4. The van der Waals surface area contributed by atoms with E-state index in [1.807, 2.05) is 30.3 Å². The Balaban J connectivity index is 1.69. The summed E-state index contributed by atoms with van der Waals surface area (Å²) in [4.78, 5) is 13.1. The topological polar surface area (TPSA) is 73.4 Å². The van der Waals surface area contributed by atoms with Crippen molar-refractivity contribution in [3.8, 4) is 5.75 Å². The summed E-state index contributed by atoms with van der Waals surface area (Å²) >= 11 is 12.6. The predicted molar refractivity (Wildman–Crippen MR) is 101 cm³/mol. The van der Waals surface area contributed by atoms with Gasteiger partial charge in [-0.15, -0.1) is 11.8 Å². The first-order valence-electron chi connectivity index (χ1n) is 7.07. The lowest BCUT2D eigenvalue weighted by Gasteiger charge is -2.12. The number of hydrogen-bond acceptors (Lipinski definition) is 4. The van der Waals surface area contributed by atoms with E-state index in [4.69, 9.17) is 23.8 Å². The first-order valence-corrected chi connectivity index (χ1v) is 8.84. The molecule has 0 fully saturated rings. The molecule has 0 aliphatic carbocycles. The molecular formula is C16H16ClN3O2S2. The van der Waals surface area contributed by atoms with Gasteiger partial charge in [0.05, 0.1) is 5.56 Å². The molecule has 126 valence electrons. The lowest BCUT2D eigenvalue weighted by Crippen LogP contribution is -2.47. The maximum Gasteiger partial charge on any atom is 0.273 e. The smallest absolute Gasteiger partial charge is 0.273 e. The zero-order valence-corrected chi connectivity index (χ0v) is 15.0. The lowest BCUT2D eigenvalue weighted by molar-refractivity contribution is 0.0941. The van der Waals surface area contributed by atoms with E-state index < -0.39 is 5.91 Å². The van der Waals surface area contributed by atoms with E-state index in [9.17, 15) is 9.90 Å². The monoisotopic (exact) mass is 381 g/mol. The number of thiocarbonyl (C=S) groups is 1. The highest BCUT2D eigenvalue weighted by Gasteiger charge is 2.11. The van der Waals surface area contributed by atoms with Crippen LogP contribution in [0.25, 0.3) is 0 Å². The van der Waals surface area contributed by atoms with Crippen molar-refractivity contribution in [3.05, 3.63) is 59.1 Å². The molecule has 0 atom stereocenters. The number of benzene rings is 2. The minimum absolute atomic E-state index is 0.0671. The Kier molecular flexibility index (Phi) is 7.17. The van der Waals surface area contributed by atoms with Crippen LogP contribution < -0.4 is 16.2 Å². The van der Waals surface area contributed by atoms with E-state index in [1.165, 1.54) is 23.1 Å². The molecular weight excluding hydrogens is 366 g/mol. The maximum absolute atomic E-state index is 12.0. The second-order valence-corrected chi connectivity index (χ2v) is 6.67. The van der Waals surface area contributed by atoms with Gasteiger partial charge in [0.1, 0.15) is 5.75 Å². The van der Waals surface area contributed by atoms with Crippen LogP contribution in [0.3, 0.4) is 0 Å². The predicted octanol–water partition coefficient (Wildman–Crippen LogP) is 2.95. The van der Waals surface area contributed by atoms with Gasteiger partial charge in [-0.2, -0.15) is 0 Å². The Bertz CT molecular complexity index is 714. The van der Waals surface area contributed by atoms with Crippen LogP contribution in [0.4, 0.5) is 0 Å². The highest BCUT2D eigenvalue weighted by atomic mass is 35.5. The second kappa shape index (κ2) is 9.36. The van der Waals surface area contributed by atoms with Crippen LogP contribution in [0.5, 0.6) is 5.75 Å². The number of carbonyl (C=O) groups excluding carboxylic acids is 1. The van der Waals surface area contributed by atoms with Crippen molar-refractivity contribution in [2.75, 3.05) is 12.3 Å². The Morgan fingerprint density at radius 3 is 2.67 bits per heavy atom. The van der Waals surface area contributed by atoms with Crippen LogP contribution >= 0.6 is 35.6 Å². The molecule has 0 aliphatic rings. The molecule has 2 rings (SSSR count). The van der Waals surface area contributed by atoms with Crippen LogP contribution in [-0.4, -0.2) is 28.4 Å². The second-order valence-electron chi connectivity index (χ2n) is 4.66. The Morgan fingerprint density at radius 1 is 1.17 bits per heavy atom. The zero-order chi connectivity index (χ0) is 17.4. The van der Waals surface area contributed by atoms with Gasteiger partial charge in [0, 0.05) is 22.2 Å². The zero-order valence-electron chi connectivity index (χ0n) is 12.6. The molecule has 5 nitrogen and oxygen atoms in total.